The summed E-state index contributed by atoms with van der Waals surface area (Å²) in [6.45, 7) is 1.49. The quantitative estimate of drug-likeness (QED) is 0.412. The lowest BCUT2D eigenvalue weighted by atomic mass is 10.4. The minimum Gasteiger partial charge on any atom is -0.465 e. The molecule has 0 atom stereocenters. The molecule has 0 spiro atoms. The molecule has 1 aromatic carbocycles. The van der Waals surface area contributed by atoms with E-state index in [0.29, 0.717) is 17.0 Å². The van der Waals surface area contributed by atoms with Gasteiger partial charge in [0.25, 0.3) is 0 Å². The van der Waals surface area contributed by atoms with Crippen LogP contribution in [0.2, 0.25) is 0 Å². The average Bonchev–Trinajstić information content (AvgIpc) is 3.38. The van der Waals surface area contributed by atoms with Crippen molar-refractivity contribution in [1.29, 1.82) is 0 Å². The van der Waals surface area contributed by atoms with Crippen molar-refractivity contribution in [3.05, 3.63) is 63.8 Å². The van der Waals surface area contributed by atoms with Crippen LogP contribution in [-0.2, 0) is 35.8 Å². The molecule has 0 amide bonds. The van der Waals surface area contributed by atoms with E-state index in [4.69, 9.17) is 4.74 Å². The molecule has 2 heterocycles. The monoisotopic (exact) mass is 512 g/mol. The number of sulfonamides is 1. The summed E-state index contributed by atoms with van der Waals surface area (Å²) in [5.74, 6) is -0.683. The van der Waals surface area contributed by atoms with Gasteiger partial charge in [-0.3, -0.25) is 9.52 Å². The van der Waals surface area contributed by atoms with Crippen LogP contribution >= 0.6 is 22.7 Å². The first-order chi connectivity index (χ1) is 15.2. The number of thiazole rings is 1. The molecule has 0 unspecified atom stereocenters. The molecule has 12 heteroatoms. The number of sulfone groups is 1. The Kier molecular flexibility index (Phi) is 7.82. The van der Waals surface area contributed by atoms with Crippen molar-refractivity contribution in [1.82, 2.24) is 4.98 Å². The number of rotatable bonds is 10. The minimum absolute atomic E-state index is 0.165. The molecule has 0 aliphatic carbocycles. The van der Waals surface area contributed by atoms with E-state index in [1.165, 1.54) is 47.9 Å². The van der Waals surface area contributed by atoms with Crippen LogP contribution in [0.3, 0.4) is 0 Å². The van der Waals surface area contributed by atoms with Crippen LogP contribution in [0.25, 0.3) is 6.08 Å². The molecule has 0 aliphatic heterocycles. The van der Waals surface area contributed by atoms with Gasteiger partial charge in [0.1, 0.15) is 0 Å². The van der Waals surface area contributed by atoms with Gasteiger partial charge in [-0.15, -0.1) is 22.7 Å². The van der Waals surface area contributed by atoms with Gasteiger partial charge >= 0.3 is 5.97 Å². The Morgan fingerprint density at radius 3 is 2.56 bits per heavy atom. The number of esters is 1. The fraction of sp³-hybridized carbons (Fsp3) is 0.200. The largest absolute Gasteiger partial charge is 0.465 e. The summed E-state index contributed by atoms with van der Waals surface area (Å²) in [4.78, 5) is 15.9. The molecule has 170 valence electrons. The number of hydrogen-bond donors (Lipinski definition) is 1. The highest BCUT2D eigenvalue weighted by Crippen LogP contribution is 2.26. The molecule has 8 nitrogen and oxygen atoms in total. The van der Waals surface area contributed by atoms with E-state index >= 15 is 0 Å². The summed E-state index contributed by atoms with van der Waals surface area (Å²) in [7, 11) is -7.29. The Balaban J connectivity index is 1.58. The van der Waals surface area contributed by atoms with E-state index in [0.717, 1.165) is 11.3 Å². The van der Waals surface area contributed by atoms with E-state index in [-0.39, 0.29) is 33.3 Å². The molecule has 0 saturated carbocycles. The van der Waals surface area contributed by atoms with Crippen molar-refractivity contribution in [2.75, 3.05) is 17.1 Å². The van der Waals surface area contributed by atoms with Gasteiger partial charge < -0.3 is 4.74 Å². The molecule has 0 bridgehead atoms. The third-order valence-electron chi connectivity index (χ3n) is 4.02. The Labute approximate surface area is 194 Å². The summed E-state index contributed by atoms with van der Waals surface area (Å²) in [6.07, 6.45) is 3.41. The van der Waals surface area contributed by atoms with Gasteiger partial charge in [-0.05, 0) is 24.3 Å². The molecular formula is C20H20N2O6S4. The number of carbonyl (C=O) groups is 1. The molecule has 3 aromatic rings. The molecular weight excluding hydrogens is 492 g/mol. The van der Waals surface area contributed by atoms with E-state index in [2.05, 4.69) is 9.71 Å². The highest BCUT2D eigenvalue weighted by Gasteiger charge is 2.18. The van der Waals surface area contributed by atoms with Gasteiger partial charge in [0.2, 0.25) is 19.9 Å². The maximum absolute atomic E-state index is 12.6. The van der Waals surface area contributed by atoms with Gasteiger partial charge in [0.15, 0.2) is 5.13 Å². The topological polar surface area (TPSA) is 119 Å². The first kappa shape index (κ1) is 24.1. The van der Waals surface area contributed by atoms with Gasteiger partial charge in [-0.2, -0.15) is 0 Å². The highest BCUT2D eigenvalue weighted by molar-refractivity contribution is 7.93. The van der Waals surface area contributed by atoms with Crippen molar-refractivity contribution in [3.63, 3.8) is 0 Å². The summed E-state index contributed by atoms with van der Waals surface area (Å²) < 4.78 is 57.1. The second kappa shape index (κ2) is 10.4. The smallest absolute Gasteiger partial charge is 0.302 e. The zero-order valence-electron chi connectivity index (χ0n) is 16.9. The first-order valence-corrected chi connectivity index (χ1v) is 14.2. The van der Waals surface area contributed by atoms with Crippen LogP contribution in [0.4, 0.5) is 5.13 Å². The number of aromatic nitrogens is 1. The summed E-state index contributed by atoms with van der Waals surface area (Å²) in [5, 5.41) is 3.45. The molecule has 3 rings (SSSR count). The average molecular weight is 513 g/mol. The lowest BCUT2D eigenvalue weighted by molar-refractivity contribution is -0.140. The standard InChI is InChI=1S/C20H20N2O6S4/c1-15(23)28-10-9-16-13-30-20(21-16)22-31(24,25)11-5-6-17-12-19(14-29-17)32(26,27)18-7-3-2-4-8-18/h2-8,12-14H,9-11H2,1H3,(H,21,22). The third kappa shape index (κ3) is 6.73. The Bertz CT molecular complexity index is 1310. The van der Waals surface area contributed by atoms with Gasteiger partial charge in [0, 0.05) is 29.0 Å². The van der Waals surface area contributed by atoms with E-state index in [1.807, 2.05) is 0 Å². The maximum Gasteiger partial charge on any atom is 0.302 e. The van der Waals surface area contributed by atoms with Gasteiger partial charge in [-0.1, -0.05) is 24.3 Å². The van der Waals surface area contributed by atoms with Crippen LogP contribution in [0, 0.1) is 0 Å². The predicted octanol–water partition coefficient (Wildman–Crippen LogP) is 3.60. The number of nitrogens with one attached hydrogen (secondary N) is 1. The lowest BCUT2D eigenvalue weighted by Gasteiger charge is -2.02. The highest BCUT2D eigenvalue weighted by atomic mass is 32.2. The number of hydrogen-bond acceptors (Lipinski definition) is 9. The zero-order valence-corrected chi connectivity index (χ0v) is 20.2. The lowest BCUT2D eigenvalue weighted by Crippen LogP contribution is -2.15. The van der Waals surface area contributed by atoms with Crippen LogP contribution < -0.4 is 4.72 Å². The number of anilines is 1. The van der Waals surface area contributed by atoms with Crippen LogP contribution in [0.5, 0.6) is 0 Å². The zero-order chi connectivity index (χ0) is 23.2. The fourth-order valence-corrected chi connectivity index (χ4v) is 6.92. The second-order valence-electron chi connectivity index (χ2n) is 6.52. The predicted molar refractivity (Wildman–Crippen MR) is 125 cm³/mol. The maximum atomic E-state index is 12.6. The van der Waals surface area contributed by atoms with Crippen molar-refractivity contribution >= 4 is 59.7 Å². The van der Waals surface area contributed by atoms with Crippen LogP contribution in [-0.4, -0.2) is 40.1 Å². The number of carbonyl (C=O) groups excluding carboxylic acids is 1. The van der Waals surface area contributed by atoms with Crippen LogP contribution in [0.1, 0.15) is 17.5 Å². The number of thiophene rings is 1. The molecule has 0 aliphatic rings. The minimum atomic E-state index is -3.68. The number of ether oxygens (including phenoxy) is 1. The molecule has 0 radical (unpaired) electrons. The first-order valence-electron chi connectivity index (χ1n) is 9.29. The molecule has 1 N–H and O–H groups in total. The molecule has 32 heavy (non-hydrogen) atoms. The Morgan fingerprint density at radius 1 is 1.09 bits per heavy atom. The third-order valence-corrected chi connectivity index (χ3v) is 8.88. The Morgan fingerprint density at radius 2 is 1.84 bits per heavy atom. The SMILES string of the molecule is CC(=O)OCCc1csc(NS(=O)(=O)CC=Cc2cc(S(=O)(=O)c3ccccc3)cs2)n1. The Hall–Kier alpha value is -2.54. The number of nitrogens with zero attached hydrogens (tertiary/aromatic N) is 1. The number of benzene rings is 1. The van der Waals surface area contributed by atoms with E-state index < -0.39 is 19.9 Å². The van der Waals surface area contributed by atoms with Gasteiger partial charge in [0.05, 0.1) is 27.8 Å². The second-order valence-corrected chi connectivity index (χ2v) is 12.0. The summed E-state index contributed by atoms with van der Waals surface area (Å²) in [6, 6.07) is 9.62. The normalized spacial score (nSPS) is 12.2. The van der Waals surface area contributed by atoms with Crippen molar-refractivity contribution in [2.24, 2.45) is 0 Å². The summed E-state index contributed by atoms with van der Waals surface area (Å²) >= 11 is 2.35. The van der Waals surface area contributed by atoms with E-state index in [1.54, 1.807) is 29.7 Å². The van der Waals surface area contributed by atoms with Crippen molar-refractivity contribution in [2.45, 2.75) is 23.1 Å². The summed E-state index contributed by atoms with van der Waals surface area (Å²) in [5.41, 5.74) is 0.621. The van der Waals surface area contributed by atoms with Crippen molar-refractivity contribution < 1.29 is 26.4 Å². The molecule has 0 saturated heterocycles. The van der Waals surface area contributed by atoms with Gasteiger partial charge in [-0.25, -0.2) is 21.8 Å². The van der Waals surface area contributed by atoms with E-state index in [9.17, 15) is 21.6 Å². The fourth-order valence-electron chi connectivity index (χ4n) is 2.53. The van der Waals surface area contributed by atoms with Crippen molar-refractivity contribution in [3.8, 4) is 0 Å². The molecule has 0 fully saturated rings. The molecule has 2 aromatic heterocycles. The van der Waals surface area contributed by atoms with Crippen LogP contribution in [0.15, 0.2) is 63.0 Å².